The van der Waals surface area contributed by atoms with E-state index >= 15 is 0 Å². The normalized spacial score (nSPS) is 15.7. The summed E-state index contributed by atoms with van der Waals surface area (Å²) < 4.78 is 23.3. The van der Waals surface area contributed by atoms with Crippen molar-refractivity contribution in [2.75, 3.05) is 27.4 Å². The van der Waals surface area contributed by atoms with Crippen molar-refractivity contribution in [2.24, 2.45) is 0 Å². The molecule has 3 aromatic rings. The Balaban J connectivity index is 1.61. The maximum atomic E-state index is 13.6. The van der Waals surface area contributed by atoms with Crippen LogP contribution in [-0.2, 0) is 11.2 Å². The van der Waals surface area contributed by atoms with Gasteiger partial charge in [0.2, 0.25) is 0 Å². The molecular formula is C30H35NO5. The van der Waals surface area contributed by atoms with Crippen LogP contribution < -0.4 is 18.9 Å². The monoisotopic (exact) mass is 489 g/mol. The van der Waals surface area contributed by atoms with E-state index in [4.69, 9.17) is 18.9 Å². The van der Waals surface area contributed by atoms with Gasteiger partial charge in [-0.1, -0.05) is 44.2 Å². The summed E-state index contributed by atoms with van der Waals surface area (Å²) >= 11 is 0. The molecule has 36 heavy (non-hydrogen) atoms. The summed E-state index contributed by atoms with van der Waals surface area (Å²) in [6.07, 6.45) is 0.0703. The molecule has 0 aromatic heterocycles. The smallest absolute Gasteiger partial charge is 0.263 e. The average Bonchev–Trinajstić information content (AvgIpc) is 2.91. The molecule has 1 aliphatic heterocycles. The van der Waals surface area contributed by atoms with E-state index in [9.17, 15) is 4.79 Å². The fourth-order valence-corrected chi connectivity index (χ4v) is 4.58. The van der Waals surface area contributed by atoms with Gasteiger partial charge in [0.15, 0.2) is 17.6 Å². The summed E-state index contributed by atoms with van der Waals surface area (Å²) in [5.41, 5.74) is 3.38. The number of carbonyl (C=O) groups excluding carboxylic acids is 1. The maximum Gasteiger partial charge on any atom is 0.263 e. The molecule has 1 amide bonds. The minimum absolute atomic E-state index is 0.0805. The summed E-state index contributed by atoms with van der Waals surface area (Å²) in [7, 11) is 3.25. The number of hydrogen-bond acceptors (Lipinski definition) is 5. The first-order valence-electron chi connectivity index (χ1n) is 12.4. The number of amides is 1. The lowest BCUT2D eigenvalue weighted by Gasteiger charge is -2.38. The molecule has 0 unspecified atom stereocenters. The third-order valence-corrected chi connectivity index (χ3v) is 6.64. The van der Waals surface area contributed by atoms with Gasteiger partial charge in [-0.3, -0.25) is 4.79 Å². The predicted octanol–water partition coefficient (Wildman–Crippen LogP) is 5.80. The first kappa shape index (κ1) is 25.4. The summed E-state index contributed by atoms with van der Waals surface area (Å²) in [6, 6.07) is 21.2. The SMILES string of the molecule is COc1cc2c(cc1OC)[C@@H](COc1ccc(C(C)C)cc1)N(C(=O)[C@H](C)Oc1ccccc1)CC2. The highest BCUT2D eigenvalue weighted by atomic mass is 16.5. The van der Waals surface area contributed by atoms with Gasteiger partial charge < -0.3 is 23.8 Å². The number of para-hydroxylation sites is 1. The van der Waals surface area contributed by atoms with Gasteiger partial charge in [0.05, 0.1) is 20.3 Å². The fraction of sp³-hybridized carbons (Fsp3) is 0.367. The van der Waals surface area contributed by atoms with Crippen LogP contribution in [0.4, 0.5) is 0 Å². The Labute approximate surface area is 213 Å². The van der Waals surface area contributed by atoms with Crippen LogP contribution in [0.25, 0.3) is 0 Å². The highest BCUT2D eigenvalue weighted by molar-refractivity contribution is 5.82. The van der Waals surface area contributed by atoms with Crippen molar-refractivity contribution in [1.82, 2.24) is 4.90 Å². The van der Waals surface area contributed by atoms with Crippen LogP contribution in [0.1, 0.15) is 49.4 Å². The molecule has 0 radical (unpaired) electrons. The van der Waals surface area contributed by atoms with Crippen LogP contribution >= 0.6 is 0 Å². The van der Waals surface area contributed by atoms with Crippen LogP contribution in [0.15, 0.2) is 66.7 Å². The number of ether oxygens (including phenoxy) is 4. The minimum atomic E-state index is -0.637. The van der Waals surface area contributed by atoms with Crippen LogP contribution in [0.3, 0.4) is 0 Å². The molecule has 190 valence electrons. The second-order valence-electron chi connectivity index (χ2n) is 9.31. The Hall–Kier alpha value is -3.67. The number of rotatable bonds is 9. The van der Waals surface area contributed by atoms with E-state index in [0.717, 1.165) is 16.9 Å². The third kappa shape index (κ3) is 5.59. The van der Waals surface area contributed by atoms with Crippen LogP contribution in [0, 0.1) is 0 Å². The second kappa shape index (κ2) is 11.4. The molecule has 0 aliphatic carbocycles. The van der Waals surface area contributed by atoms with Crippen molar-refractivity contribution < 1.29 is 23.7 Å². The maximum absolute atomic E-state index is 13.6. The van der Waals surface area contributed by atoms with Crippen molar-refractivity contribution >= 4 is 5.91 Å². The van der Waals surface area contributed by atoms with Crippen molar-refractivity contribution in [2.45, 2.75) is 45.3 Å². The molecule has 1 heterocycles. The molecule has 0 bridgehead atoms. The van der Waals surface area contributed by atoms with E-state index in [0.29, 0.717) is 42.7 Å². The van der Waals surface area contributed by atoms with E-state index in [1.165, 1.54) is 5.56 Å². The van der Waals surface area contributed by atoms with Crippen LogP contribution in [0.5, 0.6) is 23.0 Å². The molecule has 0 fully saturated rings. The molecule has 6 nitrogen and oxygen atoms in total. The largest absolute Gasteiger partial charge is 0.493 e. The number of methoxy groups -OCH3 is 2. The van der Waals surface area contributed by atoms with Crippen LogP contribution in [0.2, 0.25) is 0 Å². The molecular weight excluding hydrogens is 454 g/mol. The predicted molar refractivity (Wildman–Crippen MR) is 140 cm³/mol. The Morgan fingerprint density at radius 3 is 2.22 bits per heavy atom. The molecule has 0 saturated heterocycles. The molecule has 0 spiro atoms. The lowest BCUT2D eigenvalue weighted by Crippen LogP contribution is -2.47. The Kier molecular flexibility index (Phi) is 8.04. The number of nitrogens with zero attached hydrogens (tertiary/aromatic N) is 1. The highest BCUT2D eigenvalue weighted by Gasteiger charge is 2.35. The van der Waals surface area contributed by atoms with Gasteiger partial charge in [-0.15, -0.1) is 0 Å². The number of hydrogen-bond donors (Lipinski definition) is 0. The summed E-state index contributed by atoms with van der Waals surface area (Å²) in [4.78, 5) is 15.5. The van der Waals surface area contributed by atoms with Gasteiger partial charge >= 0.3 is 0 Å². The highest BCUT2D eigenvalue weighted by Crippen LogP contribution is 2.39. The van der Waals surface area contributed by atoms with Gasteiger partial charge in [-0.25, -0.2) is 0 Å². The summed E-state index contributed by atoms with van der Waals surface area (Å²) in [6.45, 7) is 7.00. The van der Waals surface area contributed by atoms with Gasteiger partial charge in [-0.2, -0.15) is 0 Å². The van der Waals surface area contributed by atoms with Crippen molar-refractivity contribution in [3.8, 4) is 23.0 Å². The third-order valence-electron chi connectivity index (χ3n) is 6.64. The Morgan fingerprint density at radius 1 is 0.917 bits per heavy atom. The zero-order valence-corrected chi connectivity index (χ0v) is 21.7. The van der Waals surface area contributed by atoms with Crippen LogP contribution in [-0.4, -0.2) is 44.3 Å². The standard InChI is InChI=1S/C30H35NO5/c1-20(2)22-11-13-24(14-12-22)35-19-27-26-18-29(34-5)28(33-4)17-23(26)15-16-31(27)30(32)21(3)36-25-9-7-6-8-10-25/h6-14,17-18,20-21,27H,15-16,19H2,1-5H3/t21-,27+/m0/s1. The number of fused-ring (bicyclic) bond motifs is 1. The van der Waals surface area contributed by atoms with Gasteiger partial charge in [0.25, 0.3) is 5.91 Å². The first-order chi connectivity index (χ1) is 17.4. The number of benzene rings is 3. The molecule has 1 aliphatic rings. The van der Waals surface area contributed by atoms with Crippen molar-refractivity contribution in [1.29, 1.82) is 0 Å². The van der Waals surface area contributed by atoms with Crippen molar-refractivity contribution in [3.63, 3.8) is 0 Å². The summed E-state index contributed by atoms with van der Waals surface area (Å²) in [5.74, 6) is 3.12. The minimum Gasteiger partial charge on any atom is -0.493 e. The molecule has 3 aromatic carbocycles. The van der Waals surface area contributed by atoms with E-state index in [-0.39, 0.29) is 11.9 Å². The number of carbonyl (C=O) groups is 1. The fourth-order valence-electron chi connectivity index (χ4n) is 4.58. The zero-order chi connectivity index (χ0) is 25.7. The van der Waals surface area contributed by atoms with E-state index in [1.54, 1.807) is 21.1 Å². The van der Waals surface area contributed by atoms with Gasteiger partial charge in [0, 0.05) is 6.54 Å². The molecule has 0 saturated carbocycles. The summed E-state index contributed by atoms with van der Waals surface area (Å²) in [5, 5.41) is 0. The van der Waals surface area contributed by atoms with Crippen molar-refractivity contribution in [3.05, 3.63) is 83.4 Å². The average molecular weight is 490 g/mol. The zero-order valence-electron chi connectivity index (χ0n) is 21.7. The molecule has 6 heteroatoms. The Bertz CT molecular complexity index is 1160. The molecule has 2 atom stereocenters. The van der Waals surface area contributed by atoms with Gasteiger partial charge in [0.1, 0.15) is 18.1 Å². The Morgan fingerprint density at radius 2 is 1.58 bits per heavy atom. The molecule has 0 N–H and O–H groups in total. The second-order valence-corrected chi connectivity index (χ2v) is 9.31. The van der Waals surface area contributed by atoms with E-state index in [2.05, 4.69) is 26.0 Å². The van der Waals surface area contributed by atoms with E-state index in [1.807, 2.05) is 59.5 Å². The topological polar surface area (TPSA) is 57.2 Å². The van der Waals surface area contributed by atoms with E-state index < -0.39 is 6.10 Å². The molecule has 4 rings (SSSR count). The van der Waals surface area contributed by atoms with Gasteiger partial charge in [-0.05, 0) is 72.4 Å². The first-order valence-corrected chi connectivity index (χ1v) is 12.4. The lowest BCUT2D eigenvalue weighted by atomic mass is 9.91. The quantitative estimate of drug-likeness (QED) is 0.380. The lowest BCUT2D eigenvalue weighted by molar-refractivity contribution is -0.141.